The Bertz CT molecular complexity index is 606. The second kappa shape index (κ2) is 5.78. The van der Waals surface area contributed by atoms with Crippen molar-refractivity contribution in [2.45, 2.75) is 40.7 Å². The predicted molar refractivity (Wildman–Crippen MR) is 85.7 cm³/mol. The third kappa shape index (κ3) is 2.62. The summed E-state index contributed by atoms with van der Waals surface area (Å²) in [6, 6.07) is 10.9. The van der Waals surface area contributed by atoms with Crippen molar-refractivity contribution >= 4 is 0 Å². The Balaban J connectivity index is 2.62. The van der Waals surface area contributed by atoms with E-state index < -0.39 is 0 Å². The van der Waals surface area contributed by atoms with Crippen molar-refractivity contribution < 1.29 is 0 Å². The van der Waals surface area contributed by atoms with Gasteiger partial charge in [-0.2, -0.15) is 0 Å². The lowest BCUT2D eigenvalue weighted by molar-refractivity contribution is 0.626. The van der Waals surface area contributed by atoms with Crippen LogP contribution in [0, 0.1) is 34.6 Å². The van der Waals surface area contributed by atoms with Crippen LogP contribution in [0.15, 0.2) is 30.3 Å². The van der Waals surface area contributed by atoms with Crippen LogP contribution in [0.3, 0.4) is 0 Å². The minimum atomic E-state index is 0.0375. The van der Waals surface area contributed by atoms with Crippen LogP contribution < -0.4 is 11.3 Å². The predicted octanol–water partition coefficient (Wildman–Crippen LogP) is 3.78. The monoisotopic (exact) mass is 268 g/mol. The molecule has 0 aliphatic carbocycles. The van der Waals surface area contributed by atoms with Gasteiger partial charge in [0.1, 0.15) is 0 Å². The Morgan fingerprint density at radius 3 is 2.05 bits per heavy atom. The molecule has 2 nitrogen and oxygen atoms in total. The summed E-state index contributed by atoms with van der Waals surface area (Å²) in [5.41, 5.74) is 12.0. The van der Waals surface area contributed by atoms with E-state index in [4.69, 9.17) is 5.84 Å². The van der Waals surface area contributed by atoms with Crippen molar-refractivity contribution in [2.75, 3.05) is 0 Å². The van der Waals surface area contributed by atoms with Crippen LogP contribution in [0.4, 0.5) is 0 Å². The van der Waals surface area contributed by atoms with Gasteiger partial charge in [-0.3, -0.25) is 5.84 Å². The molecule has 0 saturated heterocycles. The van der Waals surface area contributed by atoms with E-state index in [0.29, 0.717) is 0 Å². The molecule has 1 atom stereocenters. The van der Waals surface area contributed by atoms with Crippen LogP contribution in [-0.4, -0.2) is 0 Å². The van der Waals surface area contributed by atoms with Crippen LogP contribution >= 0.6 is 0 Å². The third-order valence-electron chi connectivity index (χ3n) is 4.15. The molecule has 2 aromatic carbocycles. The topological polar surface area (TPSA) is 38.0 Å². The highest BCUT2D eigenvalue weighted by molar-refractivity contribution is 5.47. The van der Waals surface area contributed by atoms with Gasteiger partial charge >= 0.3 is 0 Å². The molecule has 0 spiro atoms. The molecule has 0 amide bonds. The first-order chi connectivity index (χ1) is 9.45. The maximum Gasteiger partial charge on any atom is 0.0717 e. The summed E-state index contributed by atoms with van der Waals surface area (Å²) < 4.78 is 0. The molecule has 0 aliphatic rings. The lowest BCUT2D eigenvalue weighted by Gasteiger charge is -2.24. The average Bonchev–Trinajstić information content (AvgIpc) is 2.37. The van der Waals surface area contributed by atoms with E-state index in [1.807, 2.05) is 0 Å². The van der Waals surface area contributed by atoms with Crippen molar-refractivity contribution in [3.05, 3.63) is 69.3 Å². The van der Waals surface area contributed by atoms with E-state index in [2.05, 4.69) is 70.4 Å². The Kier molecular flexibility index (Phi) is 4.26. The number of aryl methyl sites for hydroxylation is 4. The van der Waals surface area contributed by atoms with Crippen molar-refractivity contribution in [3.63, 3.8) is 0 Å². The van der Waals surface area contributed by atoms with Gasteiger partial charge in [0, 0.05) is 0 Å². The van der Waals surface area contributed by atoms with Crippen molar-refractivity contribution in [1.82, 2.24) is 5.43 Å². The number of nitrogens with one attached hydrogen (secondary N) is 1. The summed E-state index contributed by atoms with van der Waals surface area (Å²) in [5.74, 6) is 5.88. The van der Waals surface area contributed by atoms with E-state index in [1.165, 1.54) is 38.9 Å². The van der Waals surface area contributed by atoms with Gasteiger partial charge in [0.15, 0.2) is 0 Å². The van der Waals surface area contributed by atoms with Gasteiger partial charge in [0.05, 0.1) is 6.04 Å². The van der Waals surface area contributed by atoms with Crippen LogP contribution in [0.2, 0.25) is 0 Å². The van der Waals surface area contributed by atoms with Gasteiger partial charge in [0.25, 0.3) is 0 Å². The van der Waals surface area contributed by atoms with Gasteiger partial charge in [0.2, 0.25) is 0 Å². The summed E-state index contributed by atoms with van der Waals surface area (Å²) in [7, 11) is 0. The molecule has 0 saturated carbocycles. The van der Waals surface area contributed by atoms with Gasteiger partial charge < -0.3 is 0 Å². The highest BCUT2D eigenvalue weighted by Gasteiger charge is 2.19. The number of rotatable bonds is 3. The quantitative estimate of drug-likeness (QED) is 0.656. The molecule has 20 heavy (non-hydrogen) atoms. The first kappa shape index (κ1) is 14.8. The van der Waals surface area contributed by atoms with Crippen LogP contribution in [0.5, 0.6) is 0 Å². The minimum Gasteiger partial charge on any atom is -0.271 e. The van der Waals surface area contributed by atoms with Crippen LogP contribution in [-0.2, 0) is 0 Å². The molecule has 2 heteroatoms. The first-order valence-electron chi connectivity index (χ1n) is 7.05. The summed E-state index contributed by atoms with van der Waals surface area (Å²) in [6.07, 6.45) is 0. The molecule has 2 aromatic rings. The van der Waals surface area contributed by atoms with Gasteiger partial charge in [-0.05, 0) is 68.0 Å². The maximum atomic E-state index is 5.88. The molecule has 2 rings (SSSR count). The second-order valence-electron chi connectivity index (χ2n) is 5.70. The van der Waals surface area contributed by atoms with E-state index in [1.54, 1.807) is 0 Å². The fourth-order valence-electron chi connectivity index (χ4n) is 3.06. The Morgan fingerprint density at radius 2 is 1.50 bits per heavy atom. The molecular formula is C18H24N2. The average molecular weight is 268 g/mol. The highest BCUT2D eigenvalue weighted by Crippen LogP contribution is 2.30. The third-order valence-corrected chi connectivity index (χ3v) is 4.15. The van der Waals surface area contributed by atoms with Crippen molar-refractivity contribution in [3.8, 4) is 0 Å². The normalized spacial score (nSPS) is 12.5. The van der Waals surface area contributed by atoms with E-state index in [-0.39, 0.29) is 6.04 Å². The van der Waals surface area contributed by atoms with E-state index in [9.17, 15) is 0 Å². The largest absolute Gasteiger partial charge is 0.271 e. The Hall–Kier alpha value is -1.64. The lowest BCUT2D eigenvalue weighted by Crippen LogP contribution is -2.30. The Morgan fingerprint density at radius 1 is 0.900 bits per heavy atom. The smallest absolute Gasteiger partial charge is 0.0717 e. The van der Waals surface area contributed by atoms with Crippen molar-refractivity contribution in [2.24, 2.45) is 5.84 Å². The summed E-state index contributed by atoms with van der Waals surface area (Å²) in [4.78, 5) is 0. The zero-order chi connectivity index (χ0) is 14.9. The van der Waals surface area contributed by atoms with Gasteiger partial charge in [-0.25, -0.2) is 5.43 Å². The highest BCUT2D eigenvalue weighted by atomic mass is 15.2. The molecule has 1 unspecified atom stereocenters. The second-order valence-corrected chi connectivity index (χ2v) is 5.70. The molecular weight excluding hydrogens is 244 g/mol. The number of hydrazine groups is 1. The van der Waals surface area contributed by atoms with E-state index >= 15 is 0 Å². The standard InChI is InChI=1S/C18H24N2/c1-11-9-13(3)17(14(4)10-11)18(20-19)16-8-6-7-12(2)15(16)5/h6-10,18,20H,19H2,1-5H3. The number of hydrogen-bond donors (Lipinski definition) is 2. The molecule has 0 fully saturated rings. The molecule has 0 heterocycles. The SMILES string of the molecule is Cc1cc(C)c(C(NN)c2cccc(C)c2C)c(C)c1. The molecule has 106 valence electrons. The van der Waals surface area contributed by atoms with Gasteiger partial charge in [-0.15, -0.1) is 0 Å². The zero-order valence-corrected chi connectivity index (χ0v) is 13.0. The number of hydrogen-bond acceptors (Lipinski definition) is 2. The maximum absolute atomic E-state index is 5.88. The van der Waals surface area contributed by atoms with Crippen molar-refractivity contribution in [1.29, 1.82) is 0 Å². The van der Waals surface area contributed by atoms with E-state index in [0.717, 1.165) is 0 Å². The van der Waals surface area contributed by atoms with Gasteiger partial charge in [-0.1, -0.05) is 35.9 Å². The molecule has 0 bridgehead atoms. The summed E-state index contributed by atoms with van der Waals surface area (Å²) in [6.45, 7) is 10.7. The van der Waals surface area contributed by atoms with Crippen LogP contribution in [0.25, 0.3) is 0 Å². The zero-order valence-electron chi connectivity index (χ0n) is 13.0. The Labute approximate surface area is 122 Å². The fraction of sp³-hybridized carbons (Fsp3) is 0.333. The summed E-state index contributed by atoms with van der Waals surface area (Å²) in [5, 5.41) is 0. The minimum absolute atomic E-state index is 0.0375. The molecule has 0 aliphatic heterocycles. The molecule has 0 aromatic heterocycles. The lowest BCUT2D eigenvalue weighted by atomic mass is 9.87. The number of nitrogens with two attached hydrogens (primary N) is 1. The summed E-state index contributed by atoms with van der Waals surface area (Å²) >= 11 is 0. The first-order valence-corrected chi connectivity index (χ1v) is 7.05. The van der Waals surface area contributed by atoms with Crippen LogP contribution in [0.1, 0.15) is 45.0 Å². The molecule has 3 N–H and O–H groups in total. The number of benzene rings is 2. The molecule has 0 radical (unpaired) electrons. The fourth-order valence-corrected chi connectivity index (χ4v) is 3.06.